The molecule has 32 heavy (non-hydrogen) atoms. The van der Waals surface area contributed by atoms with Crippen LogP contribution >= 0.6 is 0 Å². The minimum Gasteiger partial charge on any atom is -0.357 e. The molecule has 2 rings (SSSR count). The van der Waals surface area contributed by atoms with E-state index in [0.717, 1.165) is 21.7 Å². The fraction of sp³-hybridized carbons (Fsp3) is 0.391. The highest BCUT2D eigenvalue weighted by atomic mass is 32.2. The van der Waals surface area contributed by atoms with Gasteiger partial charge in [-0.05, 0) is 55.7 Å². The van der Waals surface area contributed by atoms with E-state index in [1.54, 1.807) is 6.92 Å². The van der Waals surface area contributed by atoms with Crippen LogP contribution in [0.2, 0.25) is 0 Å². The van der Waals surface area contributed by atoms with Crippen LogP contribution in [0.3, 0.4) is 0 Å². The Morgan fingerprint density at radius 2 is 1.72 bits per heavy atom. The summed E-state index contributed by atoms with van der Waals surface area (Å²) in [7, 11) is -2.10. The number of amides is 2. The van der Waals surface area contributed by atoms with Crippen molar-refractivity contribution in [2.75, 3.05) is 24.2 Å². The Morgan fingerprint density at radius 1 is 1.09 bits per heavy atom. The highest BCUT2D eigenvalue weighted by Gasteiger charge is 2.26. The summed E-state index contributed by atoms with van der Waals surface area (Å²) in [4.78, 5) is 26.8. The lowest BCUT2D eigenvalue weighted by Crippen LogP contribution is -2.47. The fourth-order valence-corrected chi connectivity index (χ4v) is 4.34. The van der Waals surface area contributed by atoms with Gasteiger partial charge in [0.15, 0.2) is 0 Å². The normalized spacial score (nSPS) is 12.2. The smallest absolute Gasteiger partial charge is 0.242 e. The molecule has 0 aromatic heterocycles. The molecule has 1 N–H and O–H groups in total. The van der Waals surface area contributed by atoms with Gasteiger partial charge in [-0.2, -0.15) is 0 Å². The van der Waals surface area contributed by atoms with Crippen LogP contribution in [-0.4, -0.2) is 51.0 Å². The van der Waals surface area contributed by atoms with Crippen LogP contribution in [0.4, 0.5) is 10.1 Å². The highest BCUT2D eigenvalue weighted by molar-refractivity contribution is 7.92. The van der Waals surface area contributed by atoms with Crippen molar-refractivity contribution in [1.82, 2.24) is 10.2 Å². The molecule has 2 aromatic rings. The number of carbonyl (C=O) groups is 2. The van der Waals surface area contributed by atoms with Gasteiger partial charge in [-0.1, -0.05) is 24.3 Å². The van der Waals surface area contributed by atoms with Gasteiger partial charge in [0.05, 0.1) is 11.9 Å². The van der Waals surface area contributed by atoms with E-state index < -0.39 is 21.9 Å². The first-order valence-corrected chi connectivity index (χ1v) is 12.2. The van der Waals surface area contributed by atoms with E-state index in [0.29, 0.717) is 5.69 Å². The zero-order valence-corrected chi connectivity index (χ0v) is 19.7. The third kappa shape index (κ3) is 6.78. The molecule has 0 aliphatic rings. The van der Waals surface area contributed by atoms with Crippen LogP contribution < -0.4 is 9.62 Å². The van der Waals surface area contributed by atoms with Gasteiger partial charge in [0.1, 0.15) is 11.9 Å². The number of carbonyl (C=O) groups excluding carboxylic acids is 2. The van der Waals surface area contributed by atoms with Gasteiger partial charge in [0.25, 0.3) is 0 Å². The Labute approximate surface area is 189 Å². The number of hydrogen-bond donors (Lipinski definition) is 1. The molecule has 0 unspecified atom stereocenters. The molecule has 0 bridgehead atoms. The molecule has 174 valence electrons. The zero-order chi connectivity index (χ0) is 23.9. The molecule has 0 heterocycles. The summed E-state index contributed by atoms with van der Waals surface area (Å²) < 4.78 is 38.8. The molecule has 2 aromatic carbocycles. The van der Waals surface area contributed by atoms with Crippen molar-refractivity contribution in [3.8, 4) is 0 Å². The Hall–Kier alpha value is -2.94. The molecule has 0 spiro atoms. The van der Waals surface area contributed by atoms with Crippen LogP contribution in [0.15, 0.2) is 48.5 Å². The first-order chi connectivity index (χ1) is 15.0. The fourth-order valence-electron chi connectivity index (χ4n) is 3.37. The lowest BCUT2D eigenvalue weighted by molar-refractivity contribution is -0.140. The van der Waals surface area contributed by atoms with Crippen molar-refractivity contribution in [2.24, 2.45) is 0 Å². The van der Waals surface area contributed by atoms with Crippen LogP contribution in [0, 0.1) is 12.7 Å². The molecule has 0 aliphatic carbocycles. The van der Waals surface area contributed by atoms with Crippen molar-refractivity contribution in [3.05, 3.63) is 65.5 Å². The third-order valence-electron chi connectivity index (χ3n) is 5.28. The summed E-state index contributed by atoms with van der Waals surface area (Å²) in [5, 5.41) is 2.57. The summed E-state index contributed by atoms with van der Waals surface area (Å²) in [6.45, 7) is 3.93. The van der Waals surface area contributed by atoms with Gasteiger partial charge < -0.3 is 10.2 Å². The van der Waals surface area contributed by atoms with E-state index in [9.17, 15) is 22.4 Å². The molecule has 0 saturated carbocycles. The van der Waals surface area contributed by atoms with Crippen molar-refractivity contribution in [1.29, 1.82) is 0 Å². The second-order valence-electron chi connectivity index (χ2n) is 7.65. The quantitative estimate of drug-likeness (QED) is 0.587. The molecule has 1 atom stereocenters. The van der Waals surface area contributed by atoms with E-state index in [2.05, 4.69) is 5.32 Å². The molecule has 0 fully saturated rings. The maximum atomic E-state index is 13.2. The van der Waals surface area contributed by atoms with E-state index in [1.807, 2.05) is 31.2 Å². The number of likely N-dealkylation sites (N-methyl/N-ethyl adjacent to an activating group) is 1. The topological polar surface area (TPSA) is 86.8 Å². The Bertz CT molecular complexity index is 1040. The molecule has 7 nitrogen and oxygen atoms in total. The summed E-state index contributed by atoms with van der Waals surface area (Å²) >= 11 is 0. The number of rotatable bonds is 10. The maximum absolute atomic E-state index is 13.2. The third-order valence-corrected chi connectivity index (χ3v) is 6.48. The first-order valence-electron chi connectivity index (χ1n) is 10.3. The predicted octanol–water partition coefficient (Wildman–Crippen LogP) is 2.84. The van der Waals surface area contributed by atoms with Gasteiger partial charge in [-0.3, -0.25) is 13.9 Å². The number of nitrogens with zero attached hydrogens (tertiary/aromatic N) is 2. The second-order valence-corrected chi connectivity index (χ2v) is 9.56. The Kier molecular flexibility index (Phi) is 8.77. The van der Waals surface area contributed by atoms with Gasteiger partial charge in [-0.15, -0.1) is 0 Å². The van der Waals surface area contributed by atoms with Gasteiger partial charge in [0, 0.05) is 26.6 Å². The van der Waals surface area contributed by atoms with E-state index in [-0.39, 0.29) is 37.7 Å². The summed E-state index contributed by atoms with van der Waals surface area (Å²) in [6, 6.07) is 12.1. The average molecular weight is 464 g/mol. The molecule has 9 heteroatoms. The molecule has 2 amide bonds. The van der Waals surface area contributed by atoms with Crippen LogP contribution in [0.5, 0.6) is 0 Å². The monoisotopic (exact) mass is 463 g/mol. The van der Waals surface area contributed by atoms with E-state index in [1.165, 1.54) is 36.2 Å². The number of aryl methyl sites for hydroxylation is 1. The van der Waals surface area contributed by atoms with Crippen LogP contribution in [-0.2, 0) is 26.2 Å². The van der Waals surface area contributed by atoms with E-state index >= 15 is 0 Å². The number of nitrogens with one attached hydrogen (secondary N) is 1. The van der Waals surface area contributed by atoms with Gasteiger partial charge in [-0.25, -0.2) is 12.8 Å². The summed E-state index contributed by atoms with van der Waals surface area (Å²) in [5.41, 5.74) is 2.27. The van der Waals surface area contributed by atoms with Crippen molar-refractivity contribution in [3.63, 3.8) is 0 Å². The largest absolute Gasteiger partial charge is 0.357 e. The van der Waals surface area contributed by atoms with Crippen molar-refractivity contribution >= 4 is 27.5 Å². The second kappa shape index (κ2) is 11.1. The lowest BCUT2D eigenvalue weighted by atomic mass is 10.1. The number of benzene rings is 2. The molecule has 0 radical (unpaired) electrons. The lowest BCUT2D eigenvalue weighted by Gasteiger charge is -2.29. The number of hydrogen-bond acceptors (Lipinski definition) is 4. The summed E-state index contributed by atoms with van der Waals surface area (Å²) in [5.74, 6) is -1.000. The number of anilines is 1. The van der Waals surface area contributed by atoms with Crippen molar-refractivity contribution < 1.29 is 22.4 Å². The van der Waals surface area contributed by atoms with Crippen LogP contribution in [0.25, 0.3) is 0 Å². The van der Waals surface area contributed by atoms with Crippen molar-refractivity contribution in [2.45, 2.75) is 39.3 Å². The van der Waals surface area contributed by atoms with Crippen LogP contribution in [0.1, 0.15) is 30.9 Å². The SMILES string of the molecule is CNC(=O)[C@@H](C)N(Cc1ccccc1C)C(=O)CCCN(c1ccc(F)cc1)S(C)(=O)=O. The molecule has 0 saturated heterocycles. The standard InChI is InChI=1S/C23H30FN3O4S/c1-17-8-5-6-9-19(17)16-26(18(2)23(29)25-3)22(28)10-7-15-27(32(4,30)31)21-13-11-20(24)12-14-21/h5-6,8-9,11-14,18H,7,10,15-16H2,1-4H3,(H,25,29)/t18-/m1/s1. The average Bonchev–Trinajstić information content (AvgIpc) is 2.75. The molecular formula is C23H30FN3O4S. The number of halogens is 1. The first kappa shape index (κ1) is 25.3. The Balaban J connectivity index is 2.14. The van der Waals surface area contributed by atoms with E-state index in [4.69, 9.17) is 0 Å². The maximum Gasteiger partial charge on any atom is 0.242 e. The molecular weight excluding hydrogens is 433 g/mol. The van der Waals surface area contributed by atoms with Gasteiger partial charge >= 0.3 is 0 Å². The minimum absolute atomic E-state index is 0.0560. The predicted molar refractivity (Wildman–Crippen MR) is 123 cm³/mol. The minimum atomic E-state index is -3.62. The number of sulfonamides is 1. The highest BCUT2D eigenvalue weighted by Crippen LogP contribution is 2.20. The van der Waals surface area contributed by atoms with Gasteiger partial charge in [0.2, 0.25) is 21.8 Å². The summed E-state index contributed by atoms with van der Waals surface area (Å²) in [6.07, 6.45) is 1.37. The Morgan fingerprint density at radius 3 is 2.28 bits per heavy atom. The molecule has 0 aliphatic heterocycles. The zero-order valence-electron chi connectivity index (χ0n) is 18.8.